The highest BCUT2D eigenvalue weighted by molar-refractivity contribution is 5.82. The van der Waals surface area contributed by atoms with E-state index in [4.69, 9.17) is 4.74 Å². The number of amides is 1. The fourth-order valence-electron chi connectivity index (χ4n) is 4.13. The Hall–Kier alpha value is -2.50. The monoisotopic (exact) mass is 354 g/mol. The lowest BCUT2D eigenvalue weighted by atomic mass is 9.64. The van der Waals surface area contributed by atoms with Crippen molar-refractivity contribution in [3.63, 3.8) is 0 Å². The van der Waals surface area contributed by atoms with Gasteiger partial charge in [-0.05, 0) is 25.3 Å². The van der Waals surface area contributed by atoms with E-state index in [1.165, 1.54) is 12.0 Å². The van der Waals surface area contributed by atoms with Crippen molar-refractivity contribution in [2.75, 3.05) is 31.1 Å². The van der Waals surface area contributed by atoms with Crippen LogP contribution in [-0.2, 0) is 17.3 Å². The Bertz CT molecular complexity index is 796. The van der Waals surface area contributed by atoms with E-state index < -0.39 is 0 Å². The average Bonchev–Trinajstić information content (AvgIpc) is 2.90. The molecule has 6 nitrogen and oxygen atoms in total. The van der Waals surface area contributed by atoms with Gasteiger partial charge in [-0.3, -0.25) is 4.79 Å². The van der Waals surface area contributed by atoms with E-state index in [9.17, 15) is 4.79 Å². The number of hydrogen-bond donors (Lipinski definition) is 1. The second kappa shape index (κ2) is 6.67. The molecule has 1 amide bonds. The third-order valence-electron chi connectivity index (χ3n) is 5.71. The van der Waals surface area contributed by atoms with Crippen LogP contribution in [0.5, 0.6) is 5.88 Å². The molecule has 1 saturated carbocycles. The Kier molecular flexibility index (Phi) is 4.34. The number of ether oxygens (including phenoxy) is 1. The van der Waals surface area contributed by atoms with Crippen LogP contribution in [-0.4, -0.2) is 41.9 Å². The zero-order valence-electron chi connectivity index (χ0n) is 15.5. The van der Waals surface area contributed by atoms with Crippen molar-refractivity contribution in [3.05, 3.63) is 41.6 Å². The number of rotatable bonds is 5. The first-order valence-electron chi connectivity index (χ1n) is 9.33. The average molecular weight is 354 g/mol. The number of nitrogens with one attached hydrogen (secondary N) is 1. The van der Waals surface area contributed by atoms with Crippen molar-refractivity contribution in [1.29, 1.82) is 0 Å². The van der Waals surface area contributed by atoms with Crippen LogP contribution in [0.2, 0.25) is 0 Å². The molecule has 1 N–H and O–H groups in total. The van der Waals surface area contributed by atoms with Crippen LogP contribution in [0.3, 0.4) is 0 Å². The topological polar surface area (TPSA) is 59.4 Å². The maximum Gasteiger partial charge on any atom is 0.239 e. The molecule has 6 heteroatoms. The highest BCUT2D eigenvalue weighted by Crippen LogP contribution is 2.43. The predicted octanol–water partition coefficient (Wildman–Crippen LogP) is 2.17. The van der Waals surface area contributed by atoms with Crippen molar-refractivity contribution in [3.8, 4) is 5.88 Å². The largest absolute Gasteiger partial charge is 0.474 e. The number of aromatic nitrogens is 2. The van der Waals surface area contributed by atoms with Gasteiger partial charge < -0.3 is 15.0 Å². The van der Waals surface area contributed by atoms with Crippen molar-refractivity contribution in [2.24, 2.45) is 7.05 Å². The standard InChI is InChI=1S/C20H26N4O2/c1-15-18-19(23(2)22-15)26-12-11-24(18)13-17(25)21-14-20(9-6-10-20)16-7-4-3-5-8-16/h3-5,7-8H,6,9-14H2,1-2H3,(H,21,25). The van der Waals surface area contributed by atoms with Gasteiger partial charge in [0.15, 0.2) is 0 Å². The van der Waals surface area contributed by atoms with Crippen molar-refractivity contribution >= 4 is 11.6 Å². The molecule has 138 valence electrons. The fourth-order valence-corrected chi connectivity index (χ4v) is 4.13. The number of carbonyl (C=O) groups excluding carboxylic acids is 1. The lowest BCUT2D eigenvalue weighted by molar-refractivity contribution is -0.120. The van der Waals surface area contributed by atoms with E-state index >= 15 is 0 Å². The van der Waals surface area contributed by atoms with Gasteiger partial charge in [0.05, 0.1) is 18.8 Å². The van der Waals surface area contributed by atoms with Crippen LogP contribution in [0, 0.1) is 6.92 Å². The summed E-state index contributed by atoms with van der Waals surface area (Å²) < 4.78 is 7.46. The second-order valence-electron chi connectivity index (χ2n) is 7.41. The minimum atomic E-state index is 0.0586. The summed E-state index contributed by atoms with van der Waals surface area (Å²) in [5.74, 6) is 0.810. The second-order valence-corrected chi connectivity index (χ2v) is 7.41. The molecule has 0 spiro atoms. The predicted molar refractivity (Wildman–Crippen MR) is 101 cm³/mol. The molecule has 0 radical (unpaired) electrons. The Morgan fingerprint density at radius 1 is 1.31 bits per heavy atom. The molecule has 2 aliphatic rings. The number of carbonyl (C=O) groups is 1. The van der Waals surface area contributed by atoms with E-state index in [0.29, 0.717) is 26.2 Å². The summed E-state index contributed by atoms with van der Waals surface area (Å²) in [6.07, 6.45) is 3.51. The molecule has 1 aliphatic carbocycles. The van der Waals surface area contributed by atoms with Crippen LogP contribution in [0.1, 0.15) is 30.5 Å². The lowest BCUT2D eigenvalue weighted by Gasteiger charge is -2.42. The molecule has 1 aromatic carbocycles. The Morgan fingerprint density at radius 2 is 2.08 bits per heavy atom. The lowest BCUT2D eigenvalue weighted by Crippen LogP contribution is -2.48. The Labute approximate surface area is 154 Å². The first kappa shape index (κ1) is 16.9. The van der Waals surface area contributed by atoms with Gasteiger partial charge in [-0.15, -0.1) is 0 Å². The number of nitrogens with zero attached hydrogens (tertiary/aromatic N) is 3. The zero-order valence-corrected chi connectivity index (χ0v) is 15.5. The molecule has 0 bridgehead atoms. The number of fused-ring (bicyclic) bond motifs is 1. The van der Waals surface area contributed by atoms with E-state index in [1.807, 2.05) is 20.0 Å². The van der Waals surface area contributed by atoms with E-state index in [0.717, 1.165) is 30.1 Å². The van der Waals surface area contributed by atoms with Gasteiger partial charge in [-0.2, -0.15) is 5.10 Å². The summed E-state index contributed by atoms with van der Waals surface area (Å²) in [5.41, 5.74) is 3.28. The molecule has 0 atom stereocenters. The summed E-state index contributed by atoms with van der Waals surface area (Å²) in [4.78, 5) is 14.7. The summed E-state index contributed by atoms with van der Waals surface area (Å²) in [5, 5.41) is 7.60. The smallest absolute Gasteiger partial charge is 0.239 e. The molecular formula is C20H26N4O2. The number of benzene rings is 1. The number of aryl methyl sites for hydroxylation is 2. The Morgan fingerprint density at radius 3 is 2.77 bits per heavy atom. The minimum absolute atomic E-state index is 0.0586. The van der Waals surface area contributed by atoms with E-state index in [1.54, 1.807) is 4.68 Å². The Balaban J connectivity index is 1.41. The first-order valence-corrected chi connectivity index (χ1v) is 9.33. The third kappa shape index (κ3) is 2.93. The maximum atomic E-state index is 12.6. The van der Waals surface area contributed by atoms with E-state index in [-0.39, 0.29) is 11.3 Å². The van der Waals surface area contributed by atoms with Gasteiger partial charge in [-0.25, -0.2) is 4.68 Å². The molecule has 2 aromatic rings. The van der Waals surface area contributed by atoms with Crippen LogP contribution < -0.4 is 15.0 Å². The van der Waals surface area contributed by atoms with Crippen LogP contribution in [0.4, 0.5) is 5.69 Å². The minimum Gasteiger partial charge on any atom is -0.474 e. The SMILES string of the molecule is Cc1nn(C)c2c1N(CC(=O)NCC1(c3ccccc3)CCC1)CCO2. The van der Waals surface area contributed by atoms with Crippen molar-refractivity contribution in [2.45, 2.75) is 31.6 Å². The fraction of sp³-hybridized carbons (Fsp3) is 0.500. The summed E-state index contributed by atoms with van der Waals surface area (Å²) in [6, 6.07) is 10.6. The molecule has 4 rings (SSSR count). The van der Waals surface area contributed by atoms with Crippen molar-refractivity contribution in [1.82, 2.24) is 15.1 Å². The molecular weight excluding hydrogens is 328 g/mol. The molecule has 1 aromatic heterocycles. The molecule has 1 aliphatic heterocycles. The van der Waals surface area contributed by atoms with Crippen molar-refractivity contribution < 1.29 is 9.53 Å². The molecule has 0 saturated heterocycles. The maximum absolute atomic E-state index is 12.6. The van der Waals surface area contributed by atoms with Gasteiger partial charge >= 0.3 is 0 Å². The normalized spacial score (nSPS) is 17.8. The van der Waals surface area contributed by atoms with Crippen LogP contribution >= 0.6 is 0 Å². The van der Waals surface area contributed by atoms with Gasteiger partial charge in [-0.1, -0.05) is 36.8 Å². The first-order chi connectivity index (χ1) is 12.6. The summed E-state index contributed by atoms with van der Waals surface area (Å²) in [6.45, 7) is 4.29. The summed E-state index contributed by atoms with van der Waals surface area (Å²) >= 11 is 0. The molecule has 26 heavy (non-hydrogen) atoms. The zero-order chi connectivity index (χ0) is 18.1. The van der Waals surface area contributed by atoms with Gasteiger partial charge in [0, 0.05) is 19.0 Å². The molecule has 1 fully saturated rings. The van der Waals surface area contributed by atoms with Crippen LogP contribution in [0.25, 0.3) is 0 Å². The highest BCUT2D eigenvalue weighted by atomic mass is 16.5. The number of anilines is 1. The van der Waals surface area contributed by atoms with Crippen LogP contribution in [0.15, 0.2) is 30.3 Å². The van der Waals surface area contributed by atoms with E-state index in [2.05, 4.69) is 39.6 Å². The molecule has 2 heterocycles. The highest BCUT2D eigenvalue weighted by Gasteiger charge is 2.38. The number of hydrogen-bond acceptors (Lipinski definition) is 4. The quantitative estimate of drug-likeness (QED) is 0.894. The van der Waals surface area contributed by atoms with Gasteiger partial charge in [0.1, 0.15) is 12.3 Å². The van der Waals surface area contributed by atoms with Gasteiger partial charge in [0.2, 0.25) is 11.8 Å². The van der Waals surface area contributed by atoms with Gasteiger partial charge in [0.25, 0.3) is 0 Å². The third-order valence-corrected chi connectivity index (χ3v) is 5.71. The molecule has 0 unspecified atom stereocenters. The summed E-state index contributed by atoms with van der Waals surface area (Å²) in [7, 11) is 1.87.